The Balaban J connectivity index is 1.55. The number of pyridine rings is 1. The molecular formula is C24H20Cl3N5O4S2. The fourth-order valence-corrected chi connectivity index (χ4v) is 6.05. The third-order valence-corrected chi connectivity index (χ3v) is 8.41. The Labute approximate surface area is 241 Å². The van der Waals surface area contributed by atoms with Gasteiger partial charge in [-0.2, -0.15) is 0 Å². The van der Waals surface area contributed by atoms with Crippen molar-refractivity contribution >= 4 is 81.2 Å². The maximum Gasteiger partial charge on any atom is 0.267 e. The summed E-state index contributed by atoms with van der Waals surface area (Å²) in [7, 11) is 3.21. The molecule has 0 aliphatic rings. The molecule has 3 N–H and O–H groups in total. The number of thioether (sulfide) groups is 1. The quantitative estimate of drug-likeness (QED) is 0.195. The highest BCUT2D eigenvalue weighted by molar-refractivity contribution is 7.98. The molecule has 198 valence electrons. The van der Waals surface area contributed by atoms with Gasteiger partial charge in [-0.3, -0.25) is 9.59 Å². The summed E-state index contributed by atoms with van der Waals surface area (Å²) in [5, 5.41) is 18.2. The van der Waals surface area contributed by atoms with Gasteiger partial charge >= 0.3 is 0 Å². The van der Waals surface area contributed by atoms with E-state index in [0.29, 0.717) is 26.6 Å². The molecule has 0 spiro atoms. The number of anilines is 2. The second-order valence-electron chi connectivity index (χ2n) is 7.74. The molecule has 3 aromatic heterocycles. The minimum Gasteiger partial charge on any atom is -0.494 e. The van der Waals surface area contributed by atoms with Gasteiger partial charge in [-0.1, -0.05) is 46.6 Å². The Morgan fingerprint density at radius 2 is 1.89 bits per heavy atom. The van der Waals surface area contributed by atoms with Crippen molar-refractivity contribution in [3.05, 3.63) is 78.8 Å². The van der Waals surface area contributed by atoms with Crippen molar-refractivity contribution in [2.24, 2.45) is 7.05 Å². The lowest BCUT2D eigenvalue weighted by Crippen LogP contribution is -2.19. The molecule has 0 saturated heterocycles. The Hall–Kier alpha value is -2.80. The van der Waals surface area contributed by atoms with Crippen molar-refractivity contribution in [1.29, 1.82) is 0 Å². The number of nitrogens with one attached hydrogen (secondary N) is 2. The normalized spacial score (nSPS) is 10.9. The Kier molecular flexibility index (Phi) is 9.19. The van der Waals surface area contributed by atoms with E-state index in [1.54, 1.807) is 28.3 Å². The zero-order valence-electron chi connectivity index (χ0n) is 19.9. The predicted octanol–water partition coefficient (Wildman–Crippen LogP) is 6.13. The van der Waals surface area contributed by atoms with Gasteiger partial charge in [0.05, 0.1) is 46.9 Å². The van der Waals surface area contributed by atoms with E-state index in [9.17, 15) is 14.7 Å². The zero-order chi connectivity index (χ0) is 27.4. The van der Waals surface area contributed by atoms with E-state index in [1.807, 2.05) is 7.05 Å². The maximum atomic E-state index is 13.3. The van der Waals surface area contributed by atoms with Crippen LogP contribution in [0.2, 0.25) is 15.1 Å². The average Bonchev–Trinajstić information content (AvgIpc) is 3.45. The molecule has 38 heavy (non-hydrogen) atoms. The smallest absolute Gasteiger partial charge is 0.267 e. The van der Waals surface area contributed by atoms with E-state index in [4.69, 9.17) is 39.5 Å². The molecule has 14 heteroatoms. The summed E-state index contributed by atoms with van der Waals surface area (Å²) in [6.45, 7) is -0.113. The predicted molar refractivity (Wildman–Crippen MR) is 151 cm³/mol. The molecule has 0 aliphatic carbocycles. The van der Waals surface area contributed by atoms with Crippen molar-refractivity contribution in [2.75, 3.05) is 17.7 Å². The van der Waals surface area contributed by atoms with E-state index >= 15 is 0 Å². The molecule has 0 fully saturated rings. The van der Waals surface area contributed by atoms with Gasteiger partial charge in [0.1, 0.15) is 16.4 Å². The van der Waals surface area contributed by atoms with E-state index in [1.165, 1.54) is 48.5 Å². The summed E-state index contributed by atoms with van der Waals surface area (Å²) in [6.07, 6.45) is 3.00. The molecule has 2 amide bonds. The van der Waals surface area contributed by atoms with Gasteiger partial charge in [-0.05, 0) is 29.1 Å². The molecule has 0 radical (unpaired) electrons. The molecule has 0 aliphatic heterocycles. The van der Waals surface area contributed by atoms with Crippen LogP contribution in [0.25, 0.3) is 0 Å². The topological polar surface area (TPSA) is 118 Å². The zero-order valence-corrected chi connectivity index (χ0v) is 23.8. The first kappa shape index (κ1) is 28.2. The molecule has 4 rings (SSSR count). The van der Waals surface area contributed by atoms with Crippen LogP contribution in [-0.4, -0.2) is 38.6 Å². The van der Waals surface area contributed by atoms with Gasteiger partial charge in [0.2, 0.25) is 0 Å². The number of ether oxygens (including phenoxy) is 1. The van der Waals surface area contributed by atoms with Crippen molar-refractivity contribution in [1.82, 2.24) is 14.5 Å². The van der Waals surface area contributed by atoms with Crippen LogP contribution in [0.15, 0.2) is 47.2 Å². The highest BCUT2D eigenvalue weighted by atomic mass is 35.5. The number of hydrogen-bond donors (Lipinski definition) is 3. The summed E-state index contributed by atoms with van der Waals surface area (Å²) < 4.78 is 7.18. The number of thiophene rings is 1. The largest absolute Gasteiger partial charge is 0.494 e. The highest BCUT2D eigenvalue weighted by Crippen LogP contribution is 2.36. The van der Waals surface area contributed by atoms with Crippen LogP contribution in [0, 0.1) is 0 Å². The molecule has 0 unspecified atom stereocenters. The van der Waals surface area contributed by atoms with Crippen LogP contribution in [0.4, 0.5) is 11.5 Å². The van der Waals surface area contributed by atoms with Gasteiger partial charge in [0, 0.05) is 30.1 Å². The first-order chi connectivity index (χ1) is 18.2. The fraction of sp³-hybridized carbons (Fsp3) is 0.167. The minimum atomic E-state index is -0.567. The first-order valence-electron chi connectivity index (χ1n) is 10.8. The van der Waals surface area contributed by atoms with Gasteiger partial charge in [-0.15, -0.1) is 11.3 Å². The molecule has 9 nitrogen and oxygen atoms in total. The lowest BCUT2D eigenvalue weighted by Gasteiger charge is -2.15. The van der Waals surface area contributed by atoms with Crippen molar-refractivity contribution < 1.29 is 19.4 Å². The molecule has 0 saturated carbocycles. The monoisotopic (exact) mass is 611 g/mol. The summed E-state index contributed by atoms with van der Waals surface area (Å²) in [4.78, 5) is 35.0. The molecule has 3 heterocycles. The fourth-order valence-electron chi connectivity index (χ4n) is 3.33. The molecule has 4 aromatic rings. The third-order valence-electron chi connectivity index (χ3n) is 5.31. The van der Waals surface area contributed by atoms with Crippen LogP contribution in [-0.2, 0) is 19.4 Å². The second-order valence-corrected chi connectivity index (χ2v) is 10.8. The van der Waals surface area contributed by atoms with E-state index in [-0.39, 0.29) is 39.3 Å². The number of aromatic nitrogens is 3. The van der Waals surface area contributed by atoms with E-state index in [0.717, 1.165) is 5.56 Å². The number of methoxy groups -OCH3 is 1. The summed E-state index contributed by atoms with van der Waals surface area (Å²) in [5.41, 5.74) is 1.62. The third kappa shape index (κ3) is 6.25. The number of imidazole rings is 1. The number of carbonyl (C=O) groups excluding carboxylic acids is 2. The summed E-state index contributed by atoms with van der Waals surface area (Å²) in [6, 6.07) is 6.02. The molecule has 1 aromatic carbocycles. The van der Waals surface area contributed by atoms with Crippen molar-refractivity contribution in [3.8, 4) is 5.75 Å². The molecule has 0 atom stereocenters. The van der Waals surface area contributed by atoms with Crippen molar-refractivity contribution in [3.63, 3.8) is 0 Å². The highest BCUT2D eigenvalue weighted by Gasteiger charge is 2.23. The van der Waals surface area contributed by atoms with Crippen LogP contribution < -0.4 is 15.4 Å². The number of benzene rings is 1. The van der Waals surface area contributed by atoms with Crippen LogP contribution in [0.3, 0.4) is 0 Å². The molecular weight excluding hydrogens is 593 g/mol. The SMILES string of the molecule is COc1cc(Cl)cc(C(=O)Nc2ccc(Cl)cn2)c1NC(=O)c1scc(CSc2ncc(CO)n2C)c1Cl. The summed E-state index contributed by atoms with van der Waals surface area (Å²) in [5.74, 6) is -0.168. The van der Waals surface area contributed by atoms with Crippen LogP contribution in [0.1, 0.15) is 31.3 Å². The number of hydrogen-bond acceptors (Lipinski definition) is 8. The molecule has 0 bridgehead atoms. The average molecular weight is 613 g/mol. The second kappa shape index (κ2) is 12.4. The number of amides is 2. The van der Waals surface area contributed by atoms with E-state index in [2.05, 4.69) is 20.6 Å². The van der Waals surface area contributed by atoms with Crippen LogP contribution >= 0.6 is 57.9 Å². The number of halogens is 3. The Morgan fingerprint density at radius 3 is 2.55 bits per heavy atom. The summed E-state index contributed by atoms with van der Waals surface area (Å²) >= 11 is 21.2. The van der Waals surface area contributed by atoms with E-state index < -0.39 is 11.8 Å². The van der Waals surface area contributed by atoms with Gasteiger partial charge in [0.25, 0.3) is 11.8 Å². The number of aliphatic hydroxyl groups is 1. The minimum absolute atomic E-state index is 0.0670. The number of rotatable bonds is 9. The number of aliphatic hydroxyl groups excluding tert-OH is 1. The number of carbonyl (C=O) groups is 2. The van der Waals surface area contributed by atoms with Crippen LogP contribution in [0.5, 0.6) is 5.75 Å². The Bertz CT molecular complexity index is 1490. The number of nitrogens with zero attached hydrogens (tertiary/aromatic N) is 3. The van der Waals surface area contributed by atoms with Gasteiger partial charge in [0.15, 0.2) is 5.16 Å². The van der Waals surface area contributed by atoms with Crippen molar-refractivity contribution in [2.45, 2.75) is 17.5 Å². The first-order valence-corrected chi connectivity index (χ1v) is 13.8. The standard InChI is InChI=1S/C24H20Cl3N5O4S2/c1-32-15(9-33)8-29-24(32)38-11-12-10-37-21(19(12)27)23(35)31-20-16(5-14(26)6-17(20)36-2)22(34)30-18-4-3-13(25)7-28-18/h3-8,10,33H,9,11H2,1-2H3,(H,31,35)(H,28,30,34). The van der Waals surface area contributed by atoms with Gasteiger partial charge in [-0.25, -0.2) is 9.97 Å². The maximum absolute atomic E-state index is 13.3. The lowest BCUT2D eigenvalue weighted by molar-refractivity contribution is 0.102. The Morgan fingerprint density at radius 1 is 1.11 bits per heavy atom. The lowest BCUT2D eigenvalue weighted by atomic mass is 10.1. The van der Waals surface area contributed by atoms with Gasteiger partial charge < -0.3 is 25.0 Å².